The zero-order valence-corrected chi connectivity index (χ0v) is 17.2. The minimum Gasteiger partial charge on any atom is -0.466 e. The van der Waals surface area contributed by atoms with E-state index in [4.69, 9.17) is 4.74 Å². The number of nitrogens with zero attached hydrogens (tertiary/aromatic N) is 1. The Balaban J connectivity index is 1.72. The van der Waals surface area contributed by atoms with Crippen LogP contribution in [-0.4, -0.2) is 23.3 Å². The molecule has 0 fully saturated rings. The van der Waals surface area contributed by atoms with Crippen molar-refractivity contribution in [3.05, 3.63) is 100 Å². The Labute approximate surface area is 180 Å². The van der Waals surface area contributed by atoms with E-state index >= 15 is 0 Å². The van der Waals surface area contributed by atoms with Crippen LogP contribution in [0.25, 0.3) is 11.1 Å². The Morgan fingerprint density at radius 2 is 1.48 bits per heavy atom. The standard InChI is InChI=1S/C25H23NO5/c1-2-31-25(28)22(16-18-6-4-3-5-7-18)17-24(27)21-10-8-19(9-11-21)20-12-14-23(15-13-20)26(29)30/h3-15,22H,2,16-17H2,1H3/t22-/m1/s1. The molecular weight excluding hydrogens is 394 g/mol. The first-order chi connectivity index (χ1) is 15.0. The van der Waals surface area contributed by atoms with Gasteiger partial charge in [0.05, 0.1) is 17.4 Å². The average Bonchev–Trinajstić information content (AvgIpc) is 2.79. The summed E-state index contributed by atoms with van der Waals surface area (Å²) in [6.45, 7) is 2.01. The average molecular weight is 417 g/mol. The third kappa shape index (κ3) is 5.85. The van der Waals surface area contributed by atoms with Gasteiger partial charge in [-0.05, 0) is 42.2 Å². The molecule has 0 aliphatic heterocycles. The quantitative estimate of drug-likeness (QED) is 0.205. The van der Waals surface area contributed by atoms with Crippen LogP contribution < -0.4 is 0 Å². The predicted molar refractivity (Wildman–Crippen MR) is 118 cm³/mol. The number of nitro groups is 1. The molecule has 0 aliphatic carbocycles. The van der Waals surface area contributed by atoms with E-state index in [1.165, 1.54) is 12.1 Å². The zero-order valence-electron chi connectivity index (χ0n) is 17.2. The van der Waals surface area contributed by atoms with Gasteiger partial charge in [-0.2, -0.15) is 0 Å². The van der Waals surface area contributed by atoms with E-state index in [2.05, 4.69) is 0 Å². The largest absolute Gasteiger partial charge is 0.466 e. The molecule has 0 aromatic heterocycles. The number of ketones is 1. The molecule has 0 bridgehead atoms. The number of ether oxygens (including phenoxy) is 1. The molecule has 0 N–H and O–H groups in total. The van der Waals surface area contributed by atoms with Gasteiger partial charge in [0.15, 0.2) is 5.78 Å². The maximum atomic E-state index is 12.8. The van der Waals surface area contributed by atoms with E-state index in [0.29, 0.717) is 12.0 Å². The lowest BCUT2D eigenvalue weighted by Crippen LogP contribution is -2.23. The van der Waals surface area contributed by atoms with Crippen molar-refractivity contribution in [2.75, 3.05) is 6.61 Å². The monoisotopic (exact) mass is 417 g/mol. The van der Waals surface area contributed by atoms with Crippen LogP contribution in [0.1, 0.15) is 29.3 Å². The van der Waals surface area contributed by atoms with Crippen LogP contribution >= 0.6 is 0 Å². The Bertz CT molecular complexity index is 1040. The summed E-state index contributed by atoms with van der Waals surface area (Å²) in [4.78, 5) is 35.6. The lowest BCUT2D eigenvalue weighted by atomic mass is 9.91. The van der Waals surface area contributed by atoms with E-state index in [1.54, 1.807) is 43.3 Å². The van der Waals surface area contributed by atoms with Crippen LogP contribution in [0.5, 0.6) is 0 Å². The molecule has 0 radical (unpaired) electrons. The van der Waals surface area contributed by atoms with Crippen molar-refractivity contribution in [2.45, 2.75) is 19.8 Å². The molecule has 158 valence electrons. The van der Waals surface area contributed by atoms with Crippen molar-refractivity contribution < 1.29 is 19.2 Å². The predicted octanol–water partition coefficient (Wildman–Crippen LogP) is 5.26. The summed E-state index contributed by atoms with van der Waals surface area (Å²) in [6, 6.07) is 22.8. The third-order valence-electron chi connectivity index (χ3n) is 4.99. The van der Waals surface area contributed by atoms with Crippen LogP contribution in [0.15, 0.2) is 78.9 Å². The molecule has 0 saturated carbocycles. The van der Waals surface area contributed by atoms with Crippen molar-refractivity contribution in [2.24, 2.45) is 5.92 Å². The molecule has 0 heterocycles. The smallest absolute Gasteiger partial charge is 0.309 e. The number of carbonyl (C=O) groups is 2. The van der Waals surface area contributed by atoms with Gasteiger partial charge in [-0.25, -0.2) is 0 Å². The molecule has 0 amide bonds. The Morgan fingerprint density at radius 3 is 2.03 bits per heavy atom. The molecule has 3 aromatic carbocycles. The van der Waals surface area contributed by atoms with Crippen LogP contribution in [0, 0.1) is 16.0 Å². The highest BCUT2D eigenvalue weighted by Gasteiger charge is 2.24. The number of hydrogen-bond acceptors (Lipinski definition) is 5. The summed E-state index contributed by atoms with van der Waals surface area (Å²) in [6.07, 6.45) is 0.497. The highest BCUT2D eigenvalue weighted by atomic mass is 16.6. The number of rotatable bonds is 9. The number of hydrogen-bond donors (Lipinski definition) is 0. The Morgan fingerprint density at radius 1 is 0.903 bits per heavy atom. The second-order valence-corrected chi connectivity index (χ2v) is 7.15. The summed E-state index contributed by atoms with van der Waals surface area (Å²) in [7, 11) is 0. The van der Waals surface area contributed by atoms with Gasteiger partial charge in [-0.3, -0.25) is 19.7 Å². The maximum Gasteiger partial charge on any atom is 0.309 e. The van der Waals surface area contributed by atoms with Gasteiger partial charge in [0.25, 0.3) is 5.69 Å². The van der Waals surface area contributed by atoms with E-state index in [9.17, 15) is 19.7 Å². The fraction of sp³-hybridized carbons (Fsp3) is 0.200. The highest BCUT2D eigenvalue weighted by Crippen LogP contribution is 2.24. The molecule has 0 aliphatic rings. The number of nitro benzene ring substituents is 1. The number of benzene rings is 3. The van der Waals surface area contributed by atoms with Gasteiger partial charge in [0.2, 0.25) is 0 Å². The first-order valence-electron chi connectivity index (χ1n) is 10.1. The highest BCUT2D eigenvalue weighted by molar-refractivity contribution is 5.98. The van der Waals surface area contributed by atoms with Gasteiger partial charge in [0, 0.05) is 24.1 Å². The minimum absolute atomic E-state index is 0.0268. The van der Waals surface area contributed by atoms with Crippen molar-refractivity contribution in [1.82, 2.24) is 0 Å². The molecule has 6 nitrogen and oxygen atoms in total. The third-order valence-corrected chi connectivity index (χ3v) is 4.99. The summed E-state index contributed by atoms with van der Waals surface area (Å²) in [5.41, 5.74) is 3.17. The first kappa shape index (κ1) is 21.9. The topological polar surface area (TPSA) is 86.5 Å². The molecule has 1 atom stereocenters. The van der Waals surface area contributed by atoms with Crippen molar-refractivity contribution in [3.63, 3.8) is 0 Å². The van der Waals surface area contributed by atoms with Crippen molar-refractivity contribution >= 4 is 17.4 Å². The van der Waals surface area contributed by atoms with Crippen LogP contribution in [0.3, 0.4) is 0 Å². The summed E-state index contributed by atoms with van der Waals surface area (Å²) < 4.78 is 5.18. The second-order valence-electron chi connectivity index (χ2n) is 7.15. The lowest BCUT2D eigenvalue weighted by Gasteiger charge is -2.15. The van der Waals surface area contributed by atoms with Crippen LogP contribution in [0.2, 0.25) is 0 Å². The Hall–Kier alpha value is -3.80. The molecule has 31 heavy (non-hydrogen) atoms. The van der Waals surface area contributed by atoms with Crippen LogP contribution in [0.4, 0.5) is 5.69 Å². The van der Waals surface area contributed by atoms with Crippen molar-refractivity contribution in [3.8, 4) is 11.1 Å². The lowest BCUT2D eigenvalue weighted by molar-refractivity contribution is -0.384. The van der Waals surface area contributed by atoms with Crippen molar-refractivity contribution in [1.29, 1.82) is 0 Å². The normalized spacial score (nSPS) is 11.5. The maximum absolute atomic E-state index is 12.8. The van der Waals surface area contributed by atoms with E-state index in [1.807, 2.05) is 30.3 Å². The summed E-state index contributed by atoms with van der Waals surface area (Å²) >= 11 is 0. The number of non-ortho nitro benzene ring substituents is 1. The first-order valence-corrected chi connectivity index (χ1v) is 10.1. The van der Waals surface area contributed by atoms with Crippen LogP contribution in [-0.2, 0) is 16.0 Å². The summed E-state index contributed by atoms with van der Waals surface area (Å²) in [5, 5.41) is 10.8. The molecule has 3 rings (SSSR count). The molecule has 0 unspecified atom stereocenters. The molecular formula is C25H23NO5. The molecule has 0 saturated heterocycles. The van der Waals surface area contributed by atoms with Gasteiger partial charge in [-0.15, -0.1) is 0 Å². The fourth-order valence-electron chi connectivity index (χ4n) is 3.36. The zero-order chi connectivity index (χ0) is 22.2. The fourth-order valence-corrected chi connectivity index (χ4v) is 3.36. The number of Topliss-reactive ketones (excluding diaryl/α,β-unsaturated/α-hetero) is 1. The second kappa shape index (κ2) is 10.3. The molecule has 3 aromatic rings. The van der Waals surface area contributed by atoms with E-state index in [0.717, 1.165) is 16.7 Å². The SMILES string of the molecule is CCOC(=O)[C@@H](CC(=O)c1ccc(-c2ccc([N+](=O)[O-])cc2)cc1)Cc1ccccc1. The number of esters is 1. The Kier molecular flexibility index (Phi) is 7.27. The molecule has 0 spiro atoms. The van der Waals surface area contributed by atoms with Gasteiger partial charge in [-0.1, -0.05) is 54.6 Å². The minimum atomic E-state index is -0.552. The van der Waals surface area contributed by atoms with E-state index < -0.39 is 10.8 Å². The van der Waals surface area contributed by atoms with Gasteiger partial charge < -0.3 is 4.74 Å². The van der Waals surface area contributed by atoms with E-state index in [-0.39, 0.29) is 30.5 Å². The molecule has 6 heteroatoms. The number of carbonyl (C=O) groups excluding carboxylic acids is 2. The van der Waals surface area contributed by atoms with Gasteiger partial charge in [0.1, 0.15) is 0 Å². The summed E-state index contributed by atoms with van der Waals surface area (Å²) in [5.74, 6) is -1.06. The van der Waals surface area contributed by atoms with Gasteiger partial charge >= 0.3 is 5.97 Å².